The molecule has 2 fully saturated rings. The molecule has 3 atom stereocenters. The van der Waals surface area contributed by atoms with E-state index in [9.17, 15) is 4.79 Å². The molecule has 0 aromatic carbocycles. The third-order valence-electron chi connectivity index (χ3n) is 6.29. The summed E-state index contributed by atoms with van der Waals surface area (Å²) in [5, 5.41) is 21.5. The molecule has 35 heavy (non-hydrogen) atoms. The first-order valence-electron chi connectivity index (χ1n) is 11.3. The molecule has 0 bridgehead atoms. The van der Waals surface area contributed by atoms with Gasteiger partial charge in [-0.3, -0.25) is 9.78 Å². The summed E-state index contributed by atoms with van der Waals surface area (Å²) in [7, 11) is 1.83. The number of fused-ring (bicyclic) bond motifs is 1. The predicted molar refractivity (Wildman–Crippen MR) is 122 cm³/mol. The fraction of sp³-hybridized carbons (Fsp3) is 0.409. The van der Waals surface area contributed by atoms with Crippen LogP contribution in [0.1, 0.15) is 31.6 Å². The highest BCUT2D eigenvalue weighted by Gasteiger charge is 2.44. The van der Waals surface area contributed by atoms with Crippen molar-refractivity contribution in [3.05, 3.63) is 42.6 Å². The number of anilines is 2. The number of nitrogens with one attached hydrogen (secondary N) is 3. The number of carbonyl (C=O) groups is 1. The van der Waals surface area contributed by atoms with E-state index in [0.717, 1.165) is 23.9 Å². The highest BCUT2D eigenvalue weighted by Crippen LogP contribution is 2.36. The van der Waals surface area contributed by atoms with Crippen molar-refractivity contribution in [1.29, 1.82) is 0 Å². The Morgan fingerprint density at radius 2 is 2.20 bits per heavy atom. The van der Waals surface area contributed by atoms with Crippen molar-refractivity contribution in [2.45, 2.75) is 43.7 Å². The van der Waals surface area contributed by atoms with Gasteiger partial charge in [-0.15, -0.1) is 0 Å². The summed E-state index contributed by atoms with van der Waals surface area (Å²) in [6.45, 7) is 1.89. The maximum Gasteiger partial charge on any atom is 0.408 e. The fourth-order valence-corrected chi connectivity index (χ4v) is 4.04. The van der Waals surface area contributed by atoms with Crippen molar-refractivity contribution in [2.75, 3.05) is 11.9 Å². The van der Waals surface area contributed by atoms with Gasteiger partial charge in [0.15, 0.2) is 23.9 Å². The monoisotopic (exact) mass is 481 g/mol. The second-order valence-corrected chi connectivity index (χ2v) is 9.20. The Hall–Kier alpha value is -4.00. The lowest BCUT2D eigenvalue weighted by Crippen LogP contribution is -2.39. The van der Waals surface area contributed by atoms with Crippen molar-refractivity contribution in [3.63, 3.8) is 0 Å². The van der Waals surface area contributed by atoms with E-state index >= 15 is 4.39 Å². The van der Waals surface area contributed by atoms with Crippen LogP contribution in [0.25, 0.3) is 16.8 Å². The minimum Gasteiger partial charge on any atom is -0.441 e. The summed E-state index contributed by atoms with van der Waals surface area (Å²) in [5.74, 6) is 0.955. The number of nitrogens with zero attached hydrogens (tertiary/aromatic N) is 6. The Balaban J connectivity index is 1.18. The van der Waals surface area contributed by atoms with Crippen LogP contribution in [0.15, 0.2) is 36.9 Å². The van der Waals surface area contributed by atoms with Crippen LogP contribution in [0.4, 0.5) is 20.8 Å². The van der Waals surface area contributed by atoms with Gasteiger partial charge < -0.3 is 20.1 Å². The Morgan fingerprint density at radius 1 is 1.34 bits per heavy atom. The zero-order valence-electron chi connectivity index (χ0n) is 19.1. The van der Waals surface area contributed by atoms with Gasteiger partial charge in [0.1, 0.15) is 11.6 Å². The second-order valence-electron chi connectivity index (χ2n) is 9.20. The normalized spacial score (nSPS) is 22.9. The molecule has 0 spiro atoms. The second kappa shape index (κ2) is 8.05. The Labute approximate surface area is 198 Å². The molecule has 182 valence electrons. The van der Waals surface area contributed by atoms with Gasteiger partial charge >= 0.3 is 6.09 Å². The van der Waals surface area contributed by atoms with Crippen molar-refractivity contribution < 1.29 is 18.7 Å². The van der Waals surface area contributed by atoms with Crippen LogP contribution in [0.2, 0.25) is 0 Å². The number of H-pyrrole nitrogens is 1. The number of amides is 1. The number of carbonyl (C=O) groups excluding carboxylic acids is 1. The molecular weight excluding hydrogens is 457 g/mol. The number of ether oxygens (including phenoxy) is 2. The van der Waals surface area contributed by atoms with E-state index in [1.165, 1.54) is 0 Å². The van der Waals surface area contributed by atoms with Gasteiger partial charge in [0.25, 0.3) is 0 Å². The molecule has 0 unspecified atom stereocenters. The molecule has 12 nitrogen and oxygen atoms in total. The first-order valence-corrected chi connectivity index (χ1v) is 11.3. The van der Waals surface area contributed by atoms with Crippen LogP contribution >= 0.6 is 0 Å². The van der Waals surface area contributed by atoms with Crippen LogP contribution in [0.5, 0.6) is 0 Å². The fourth-order valence-electron chi connectivity index (χ4n) is 4.04. The molecule has 1 saturated carbocycles. The molecule has 4 aromatic heterocycles. The molecule has 1 aliphatic heterocycles. The van der Waals surface area contributed by atoms with Crippen LogP contribution in [-0.4, -0.2) is 65.1 Å². The molecule has 0 radical (unpaired) electrons. The summed E-state index contributed by atoms with van der Waals surface area (Å²) in [6.07, 6.45) is 4.75. The van der Waals surface area contributed by atoms with Gasteiger partial charge in [-0.2, -0.15) is 15.3 Å². The number of aromatic nitrogens is 7. The zero-order valence-corrected chi connectivity index (χ0v) is 19.1. The van der Waals surface area contributed by atoms with E-state index in [1.54, 1.807) is 27.7 Å². The SMILES string of the molecule is Cn1cc(-c2cn3nccc3c(Nc3cc([C@@H]4OC[C@H](OC(=O)NC5(C)CC5)[C@@H]4F)[nH]n3)n2)cn1. The van der Waals surface area contributed by atoms with E-state index in [4.69, 9.17) is 14.5 Å². The van der Waals surface area contributed by atoms with Crippen LogP contribution < -0.4 is 10.6 Å². The van der Waals surface area contributed by atoms with Gasteiger partial charge in [0.05, 0.1) is 36.6 Å². The Bertz CT molecular complexity index is 1390. The topological polar surface area (TPSA) is 136 Å². The molecule has 6 rings (SSSR count). The van der Waals surface area contributed by atoms with Crippen LogP contribution in [0.3, 0.4) is 0 Å². The third kappa shape index (κ3) is 4.18. The maximum absolute atomic E-state index is 15.1. The minimum absolute atomic E-state index is 0.0388. The first-order chi connectivity index (χ1) is 16.9. The Kier molecular flexibility index (Phi) is 4.95. The Morgan fingerprint density at radius 3 is 2.97 bits per heavy atom. The number of halogens is 1. The highest BCUT2D eigenvalue weighted by molar-refractivity contribution is 5.75. The van der Waals surface area contributed by atoms with Gasteiger partial charge in [-0.1, -0.05) is 0 Å². The van der Waals surface area contributed by atoms with Crippen LogP contribution in [0, 0.1) is 0 Å². The summed E-state index contributed by atoms with van der Waals surface area (Å²) in [4.78, 5) is 16.8. The van der Waals surface area contributed by atoms with Gasteiger partial charge in [-0.05, 0) is 25.8 Å². The maximum atomic E-state index is 15.1. The molecule has 4 aromatic rings. The predicted octanol–water partition coefficient (Wildman–Crippen LogP) is 2.65. The zero-order chi connectivity index (χ0) is 24.2. The average molecular weight is 481 g/mol. The first kappa shape index (κ1) is 21.5. The summed E-state index contributed by atoms with van der Waals surface area (Å²) in [5.41, 5.74) is 2.43. The molecule has 1 aliphatic carbocycles. The molecule has 13 heteroatoms. The average Bonchev–Trinajstić information content (AvgIpc) is 3.34. The largest absolute Gasteiger partial charge is 0.441 e. The number of alkyl carbamates (subject to hydrolysis) is 1. The van der Waals surface area contributed by atoms with Gasteiger partial charge in [0.2, 0.25) is 0 Å². The lowest BCUT2D eigenvalue weighted by atomic mass is 10.1. The van der Waals surface area contributed by atoms with Crippen molar-refractivity contribution >= 4 is 23.2 Å². The van der Waals surface area contributed by atoms with Gasteiger partial charge in [-0.25, -0.2) is 18.7 Å². The summed E-state index contributed by atoms with van der Waals surface area (Å²) in [6, 6.07) is 3.47. The van der Waals surface area contributed by atoms with E-state index in [1.807, 2.05) is 32.4 Å². The van der Waals surface area contributed by atoms with Crippen molar-refractivity contribution in [3.8, 4) is 11.3 Å². The number of rotatable bonds is 6. The number of aryl methyl sites for hydroxylation is 1. The quantitative estimate of drug-likeness (QED) is 0.382. The van der Waals surface area contributed by atoms with E-state index in [-0.39, 0.29) is 12.1 Å². The molecule has 1 amide bonds. The smallest absolute Gasteiger partial charge is 0.408 e. The van der Waals surface area contributed by atoms with Crippen LogP contribution in [-0.2, 0) is 16.5 Å². The molecular formula is C22H24FN9O3. The molecule has 3 N–H and O–H groups in total. The lowest BCUT2D eigenvalue weighted by molar-refractivity contribution is 0.0604. The number of alkyl halides is 1. The molecule has 2 aliphatic rings. The lowest BCUT2D eigenvalue weighted by Gasteiger charge is -2.17. The minimum atomic E-state index is -1.53. The van der Waals surface area contributed by atoms with Gasteiger partial charge in [0, 0.05) is 30.4 Å². The van der Waals surface area contributed by atoms with E-state index in [0.29, 0.717) is 23.0 Å². The summed E-state index contributed by atoms with van der Waals surface area (Å²) >= 11 is 0. The summed E-state index contributed by atoms with van der Waals surface area (Å²) < 4.78 is 29.3. The van der Waals surface area contributed by atoms with Crippen molar-refractivity contribution in [1.82, 2.24) is 39.9 Å². The number of hydrogen-bond acceptors (Lipinski definition) is 8. The highest BCUT2D eigenvalue weighted by atomic mass is 19.1. The number of hydrogen-bond donors (Lipinski definition) is 3. The number of aromatic amines is 1. The molecule has 1 saturated heterocycles. The van der Waals surface area contributed by atoms with E-state index < -0.39 is 24.5 Å². The van der Waals surface area contributed by atoms with E-state index in [2.05, 4.69) is 31.0 Å². The molecule has 5 heterocycles. The third-order valence-corrected chi connectivity index (χ3v) is 6.29. The standard InChI is InChI=1S/C22H24FN9O3/c1-22(4-5-22)28-21(33)35-16-11-34-19(18(16)23)13-7-17(30-29-13)27-20-15-3-6-24-32(15)10-14(26-20)12-8-25-31(2)9-12/h3,6-10,16,18-19H,4-5,11H2,1-2H3,(H,28,33)(H2,26,27,29,30)/t16-,18-,19-/m0/s1. The van der Waals surface area contributed by atoms with Crippen molar-refractivity contribution in [2.24, 2.45) is 7.05 Å².